The third-order valence-corrected chi connectivity index (χ3v) is 3.05. The fourth-order valence-corrected chi connectivity index (χ4v) is 1.86. The van der Waals surface area contributed by atoms with Crippen LogP contribution in [0, 0.1) is 5.82 Å². The second-order valence-electron chi connectivity index (χ2n) is 5.01. The van der Waals surface area contributed by atoms with Crippen molar-refractivity contribution in [2.75, 3.05) is 0 Å². The first-order chi connectivity index (χ1) is 11.4. The Morgan fingerprint density at radius 3 is 2.67 bits per heavy atom. The van der Waals surface area contributed by atoms with Crippen molar-refractivity contribution in [1.82, 2.24) is 15.6 Å². The van der Waals surface area contributed by atoms with Crippen molar-refractivity contribution in [2.24, 2.45) is 5.73 Å². The Kier molecular flexibility index (Phi) is 5.67. The third-order valence-electron chi connectivity index (χ3n) is 3.05. The molecule has 0 unspecified atom stereocenters. The van der Waals surface area contributed by atoms with Gasteiger partial charge in [0.15, 0.2) is 0 Å². The lowest BCUT2D eigenvalue weighted by Gasteiger charge is -2.13. The molecular formula is C16H17FN4O3. The molecule has 0 fully saturated rings. The van der Waals surface area contributed by atoms with Gasteiger partial charge in [0, 0.05) is 18.8 Å². The molecule has 1 atom stereocenters. The van der Waals surface area contributed by atoms with Gasteiger partial charge < -0.3 is 21.1 Å². The zero-order chi connectivity index (χ0) is 17.5. The van der Waals surface area contributed by atoms with Gasteiger partial charge in [-0.05, 0) is 42.8 Å². The first-order valence-electron chi connectivity index (χ1n) is 7.16. The normalized spacial score (nSPS) is 11.4. The first-order valence-corrected chi connectivity index (χ1v) is 7.16. The summed E-state index contributed by atoms with van der Waals surface area (Å²) >= 11 is 0. The lowest BCUT2D eigenvalue weighted by Crippen LogP contribution is -2.46. The van der Waals surface area contributed by atoms with Gasteiger partial charge in [0.25, 0.3) is 0 Å². The first kappa shape index (κ1) is 17.2. The summed E-state index contributed by atoms with van der Waals surface area (Å²) < 4.78 is 18.4. The number of nitrogens with one attached hydrogen (secondary N) is 2. The number of primary amides is 1. The Balaban J connectivity index is 1.94. The Morgan fingerprint density at radius 2 is 2.00 bits per heavy atom. The van der Waals surface area contributed by atoms with Gasteiger partial charge in [-0.25, -0.2) is 14.2 Å². The molecule has 0 aliphatic carbocycles. The quantitative estimate of drug-likeness (QED) is 0.748. The number of amides is 3. The highest BCUT2D eigenvalue weighted by Crippen LogP contribution is 2.20. The smallest absolute Gasteiger partial charge is 0.312 e. The molecular weight excluding hydrogens is 315 g/mol. The number of nitrogens with zero attached hydrogens (tertiary/aromatic N) is 1. The molecule has 8 heteroatoms. The van der Waals surface area contributed by atoms with Crippen LogP contribution in [0.3, 0.4) is 0 Å². The van der Waals surface area contributed by atoms with E-state index >= 15 is 0 Å². The fraction of sp³-hybridized carbons (Fsp3) is 0.188. The van der Waals surface area contributed by atoms with Crippen molar-refractivity contribution < 1.29 is 18.7 Å². The van der Waals surface area contributed by atoms with Crippen molar-refractivity contribution in [3.8, 4) is 11.6 Å². The Bertz CT molecular complexity index is 722. The summed E-state index contributed by atoms with van der Waals surface area (Å²) in [5.41, 5.74) is 5.71. The molecule has 126 valence electrons. The maximum atomic E-state index is 12.9. The highest BCUT2D eigenvalue weighted by atomic mass is 19.1. The van der Waals surface area contributed by atoms with E-state index in [0.29, 0.717) is 11.6 Å². The number of carbonyl (C=O) groups excluding carboxylic acids is 2. The van der Waals surface area contributed by atoms with Crippen LogP contribution < -0.4 is 21.1 Å². The van der Waals surface area contributed by atoms with Crippen molar-refractivity contribution in [3.63, 3.8) is 0 Å². The average molecular weight is 332 g/mol. The van der Waals surface area contributed by atoms with Gasteiger partial charge >= 0.3 is 6.03 Å². The number of halogens is 1. The van der Waals surface area contributed by atoms with Gasteiger partial charge in [-0.2, -0.15) is 0 Å². The van der Waals surface area contributed by atoms with Gasteiger partial charge in [0.2, 0.25) is 11.8 Å². The van der Waals surface area contributed by atoms with Gasteiger partial charge in [-0.15, -0.1) is 0 Å². The van der Waals surface area contributed by atoms with E-state index in [1.807, 2.05) is 0 Å². The van der Waals surface area contributed by atoms with Crippen molar-refractivity contribution >= 4 is 11.9 Å². The molecule has 24 heavy (non-hydrogen) atoms. The van der Waals surface area contributed by atoms with E-state index < -0.39 is 12.1 Å². The maximum absolute atomic E-state index is 12.9. The van der Waals surface area contributed by atoms with Crippen molar-refractivity contribution in [3.05, 3.63) is 54.0 Å². The molecule has 0 bridgehead atoms. The number of pyridine rings is 1. The van der Waals surface area contributed by atoms with E-state index in [9.17, 15) is 14.0 Å². The Morgan fingerprint density at radius 1 is 1.29 bits per heavy atom. The molecule has 0 aliphatic heterocycles. The Hall–Kier alpha value is -3.16. The number of ether oxygens (including phenoxy) is 1. The van der Waals surface area contributed by atoms with Crippen molar-refractivity contribution in [2.45, 2.75) is 19.5 Å². The van der Waals surface area contributed by atoms with Crippen LogP contribution >= 0.6 is 0 Å². The standard InChI is InChI=1S/C16H17FN4O3/c1-10(21-16(18)23)15(22)20-9-11-6-7-19-14(8-11)24-13-4-2-12(17)3-5-13/h2-8,10H,9H2,1H3,(H,20,22)(H3,18,21,23)/t10-/m1/s1. The van der Waals surface area contributed by atoms with Gasteiger partial charge in [-0.1, -0.05) is 0 Å². The minimum absolute atomic E-state index is 0.228. The average Bonchev–Trinajstić information content (AvgIpc) is 2.54. The minimum atomic E-state index is -0.767. The molecule has 2 aromatic rings. The number of rotatable bonds is 6. The lowest BCUT2D eigenvalue weighted by atomic mass is 10.2. The van der Waals surface area contributed by atoms with E-state index in [4.69, 9.17) is 10.5 Å². The van der Waals surface area contributed by atoms with Crippen LogP contribution in [-0.2, 0) is 11.3 Å². The predicted molar refractivity (Wildman–Crippen MR) is 84.7 cm³/mol. The fourth-order valence-electron chi connectivity index (χ4n) is 1.86. The zero-order valence-electron chi connectivity index (χ0n) is 13.0. The summed E-state index contributed by atoms with van der Waals surface area (Å²) in [6.07, 6.45) is 1.53. The third kappa shape index (κ3) is 5.24. The van der Waals surface area contributed by atoms with Crippen LogP contribution in [0.1, 0.15) is 12.5 Å². The number of hydrogen-bond donors (Lipinski definition) is 3. The largest absolute Gasteiger partial charge is 0.439 e. The van der Waals surface area contributed by atoms with E-state index in [0.717, 1.165) is 5.56 Å². The molecule has 1 aromatic heterocycles. The summed E-state index contributed by atoms with van der Waals surface area (Å²) in [6.45, 7) is 1.75. The summed E-state index contributed by atoms with van der Waals surface area (Å²) in [5, 5.41) is 4.95. The minimum Gasteiger partial charge on any atom is -0.439 e. The maximum Gasteiger partial charge on any atom is 0.312 e. The molecule has 1 heterocycles. The van der Waals surface area contributed by atoms with E-state index in [-0.39, 0.29) is 18.3 Å². The number of benzene rings is 1. The van der Waals surface area contributed by atoms with Gasteiger partial charge in [0.05, 0.1) is 0 Å². The van der Waals surface area contributed by atoms with Crippen LogP contribution in [0.15, 0.2) is 42.6 Å². The molecule has 0 saturated heterocycles. The molecule has 7 nitrogen and oxygen atoms in total. The summed E-state index contributed by atoms with van der Waals surface area (Å²) in [6, 6.07) is 7.40. The molecule has 2 rings (SSSR count). The van der Waals surface area contributed by atoms with Crippen LogP contribution in [0.25, 0.3) is 0 Å². The number of nitrogens with two attached hydrogens (primary N) is 1. The second kappa shape index (κ2) is 7.91. The van der Waals surface area contributed by atoms with Gasteiger partial charge in [-0.3, -0.25) is 4.79 Å². The molecule has 0 spiro atoms. The second-order valence-corrected chi connectivity index (χ2v) is 5.01. The zero-order valence-corrected chi connectivity index (χ0v) is 13.0. The van der Waals surface area contributed by atoms with Crippen LogP contribution in [-0.4, -0.2) is 23.0 Å². The molecule has 0 radical (unpaired) electrons. The number of carbonyl (C=O) groups is 2. The predicted octanol–water partition coefficient (Wildman–Crippen LogP) is 1.69. The molecule has 0 saturated carbocycles. The molecule has 0 aliphatic rings. The van der Waals surface area contributed by atoms with Crippen LogP contribution in [0.4, 0.5) is 9.18 Å². The van der Waals surface area contributed by atoms with E-state index in [2.05, 4.69) is 15.6 Å². The Labute approximate surface area is 138 Å². The topological polar surface area (TPSA) is 106 Å². The van der Waals surface area contributed by atoms with Gasteiger partial charge in [0.1, 0.15) is 17.6 Å². The molecule has 4 N–H and O–H groups in total. The van der Waals surface area contributed by atoms with E-state index in [1.165, 1.54) is 37.4 Å². The SMILES string of the molecule is C[C@@H](NC(N)=O)C(=O)NCc1ccnc(Oc2ccc(F)cc2)c1. The molecule has 3 amide bonds. The highest BCUT2D eigenvalue weighted by Gasteiger charge is 2.13. The lowest BCUT2D eigenvalue weighted by molar-refractivity contribution is -0.122. The number of hydrogen-bond acceptors (Lipinski definition) is 4. The summed E-state index contributed by atoms with van der Waals surface area (Å²) in [7, 11) is 0. The van der Waals surface area contributed by atoms with Crippen LogP contribution in [0.2, 0.25) is 0 Å². The van der Waals surface area contributed by atoms with Crippen LogP contribution in [0.5, 0.6) is 11.6 Å². The monoisotopic (exact) mass is 332 g/mol. The number of aromatic nitrogens is 1. The van der Waals surface area contributed by atoms with Crippen molar-refractivity contribution in [1.29, 1.82) is 0 Å². The number of urea groups is 1. The van der Waals surface area contributed by atoms with E-state index in [1.54, 1.807) is 12.1 Å². The molecule has 1 aromatic carbocycles. The summed E-state index contributed by atoms with van der Waals surface area (Å²) in [4.78, 5) is 26.6. The highest BCUT2D eigenvalue weighted by molar-refractivity contribution is 5.86. The summed E-state index contributed by atoms with van der Waals surface area (Å²) in [5.74, 6) is 0.0399.